The standard InChI is InChI=1S/C14H24O6/c1-3-13(17)19-11(2)20-14(18)10-8-6-4-5-7-9-12(15)16/h11H,3-10H2,1-2H3,(H,15,16). The lowest BCUT2D eigenvalue weighted by Gasteiger charge is -2.13. The van der Waals surface area contributed by atoms with Gasteiger partial charge in [0.05, 0.1) is 0 Å². The van der Waals surface area contributed by atoms with Gasteiger partial charge in [-0.1, -0.05) is 26.2 Å². The van der Waals surface area contributed by atoms with Gasteiger partial charge in [-0.05, 0) is 12.8 Å². The van der Waals surface area contributed by atoms with E-state index >= 15 is 0 Å². The maximum atomic E-state index is 11.4. The Kier molecular flexibility index (Phi) is 10.4. The van der Waals surface area contributed by atoms with Gasteiger partial charge in [0.1, 0.15) is 0 Å². The van der Waals surface area contributed by atoms with Crippen molar-refractivity contribution in [2.24, 2.45) is 0 Å². The zero-order valence-corrected chi connectivity index (χ0v) is 12.2. The first-order valence-corrected chi connectivity index (χ1v) is 7.06. The smallest absolute Gasteiger partial charge is 0.308 e. The van der Waals surface area contributed by atoms with Crippen LogP contribution in [0.3, 0.4) is 0 Å². The molecule has 6 nitrogen and oxygen atoms in total. The topological polar surface area (TPSA) is 89.9 Å². The molecule has 0 saturated carbocycles. The quantitative estimate of drug-likeness (QED) is 0.357. The Morgan fingerprint density at radius 3 is 1.95 bits per heavy atom. The number of aliphatic carboxylic acids is 1. The molecule has 0 rings (SSSR count). The summed E-state index contributed by atoms with van der Waals surface area (Å²) in [6.07, 6.45) is 3.87. The third-order valence-corrected chi connectivity index (χ3v) is 2.66. The van der Waals surface area contributed by atoms with Crippen LogP contribution in [0.4, 0.5) is 0 Å². The number of ether oxygens (including phenoxy) is 2. The summed E-state index contributed by atoms with van der Waals surface area (Å²) in [7, 11) is 0. The first-order chi connectivity index (χ1) is 9.45. The second-order valence-corrected chi connectivity index (χ2v) is 4.56. The van der Waals surface area contributed by atoms with Crippen molar-refractivity contribution in [2.75, 3.05) is 0 Å². The summed E-state index contributed by atoms with van der Waals surface area (Å²) in [4.78, 5) is 32.6. The van der Waals surface area contributed by atoms with E-state index in [2.05, 4.69) is 0 Å². The van der Waals surface area contributed by atoms with Gasteiger partial charge in [0, 0.05) is 26.2 Å². The zero-order valence-electron chi connectivity index (χ0n) is 12.2. The van der Waals surface area contributed by atoms with Crippen molar-refractivity contribution in [2.45, 2.75) is 71.5 Å². The van der Waals surface area contributed by atoms with E-state index in [1.165, 1.54) is 6.92 Å². The molecule has 0 amide bonds. The normalized spacial score (nSPS) is 11.7. The molecular formula is C14H24O6. The molecule has 6 heteroatoms. The number of rotatable bonds is 11. The summed E-state index contributed by atoms with van der Waals surface area (Å²) >= 11 is 0. The molecule has 0 aromatic carbocycles. The van der Waals surface area contributed by atoms with Gasteiger partial charge in [-0.3, -0.25) is 14.4 Å². The van der Waals surface area contributed by atoms with Gasteiger partial charge in [0.2, 0.25) is 6.29 Å². The molecule has 1 N–H and O–H groups in total. The van der Waals surface area contributed by atoms with Crippen LogP contribution in [0, 0.1) is 0 Å². The van der Waals surface area contributed by atoms with Crippen molar-refractivity contribution in [3.05, 3.63) is 0 Å². The lowest BCUT2D eigenvalue weighted by Crippen LogP contribution is -2.21. The molecule has 0 saturated heterocycles. The molecule has 0 bridgehead atoms. The Labute approximate surface area is 119 Å². The van der Waals surface area contributed by atoms with Crippen molar-refractivity contribution in [1.82, 2.24) is 0 Å². The van der Waals surface area contributed by atoms with Gasteiger partial charge in [0.25, 0.3) is 0 Å². The molecule has 0 radical (unpaired) electrons. The fourth-order valence-corrected chi connectivity index (χ4v) is 1.61. The van der Waals surface area contributed by atoms with Crippen molar-refractivity contribution < 1.29 is 29.0 Å². The molecular weight excluding hydrogens is 264 g/mol. The molecule has 0 aliphatic heterocycles. The molecule has 0 fully saturated rings. The zero-order chi connectivity index (χ0) is 15.4. The SMILES string of the molecule is CCC(=O)OC(C)OC(=O)CCCCCCCC(=O)O. The molecule has 0 aliphatic rings. The van der Waals surface area contributed by atoms with E-state index in [4.69, 9.17) is 14.6 Å². The number of carbonyl (C=O) groups is 3. The predicted octanol–water partition coefficient (Wildman–Crippen LogP) is 2.64. The van der Waals surface area contributed by atoms with Crippen LogP contribution in [-0.2, 0) is 23.9 Å². The van der Waals surface area contributed by atoms with Crippen LogP contribution < -0.4 is 0 Å². The largest absolute Gasteiger partial charge is 0.481 e. The molecule has 0 aromatic heterocycles. The van der Waals surface area contributed by atoms with E-state index in [1.54, 1.807) is 6.92 Å². The molecule has 1 atom stereocenters. The number of carboxylic acids is 1. The van der Waals surface area contributed by atoms with Gasteiger partial charge >= 0.3 is 17.9 Å². The monoisotopic (exact) mass is 288 g/mol. The minimum Gasteiger partial charge on any atom is -0.481 e. The van der Waals surface area contributed by atoms with Crippen molar-refractivity contribution in [1.29, 1.82) is 0 Å². The Balaban J connectivity index is 3.49. The average Bonchev–Trinajstić information content (AvgIpc) is 2.36. The molecule has 0 aliphatic carbocycles. The van der Waals surface area contributed by atoms with E-state index < -0.39 is 18.2 Å². The number of unbranched alkanes of at least 4 members (excludes halogenated alkanes) is 4. The highest BCUT2D eigenvalue weighted by molar-refractivity contribution is 5.71. The van der Waals surface area contributed by atoms with E-state index in [9.17, 15) is 14.4 Å². The third kappa shape index (κ3) is 11.5. The summed E-state index contributed by atoms with van der Waals surface area (Å²) in [5.41, 5.74) is 0. The highest BCUT2D eigenvalue weighted by Crippen LogP contribution is 2.08. The number of carbonyl (C=O) groups excluding carboxylic acids is 2. The first kappa shape index (κ1) is 18.4. The second-order valence-electron chi connectivity index (χ2n) is 4.56. The molecule has 0 heterocycles. The lowest BCUT2D eigenvalue weighted by atomic mass is 10.1. The van der Waals surface area contributed by atoms with Crippen molar-refractivity contribution in [3.63, 3.8) is 0 Å². The fourth-order valence-electron chi connectivity index (χ4n) is 1.61. The fraction of sp³-hybridized carbons (Fsp3) is 0.786. The lowest BCUT2D eigenvalue weighted by molar-refractivity contribution is -0.184. The van der Waals surface area contributed by atoms with Gasteiger partial charge in [-0.2, -0.15) is 0 Å². The van der Waals surface area contributed by atoms with Crippen LogP contribution in [0.15, 0.2) is 0 Å². The molecule has 0 aromatic rings. The third-order valence-electron chi connectivity index (χ3n) is 2.66. The summed E-state index contributed by atoms with van der Waals surface area (Å²) in [5, 5.41) is 8.46. The van der Waals surface area contributed by atoms with E-state index in [0.29, 0.717) is 12.8 Å². The Bertz CT molecular complexity index is 313. The Morgan fingerprint density at radius 1 is 0.900 bits per heavy atom. The van der Waals surface area contributed by atoms with Gasteiger partial charge < -0.3 is 14.6 Å². The summed E-state index contributed by atoms with van der Waals surface area (Å²) in [6.45, 7) is 3.18. The molecule has 1 unspecified atom stereocenters. The highest BCUT2D eigenvalue weighted by atomic mass is 16.7. The van der Waals surface area contributed by atoms with Gasteiger partial charge in [0.15, 0.2) is 0 Å². The van der Waals surface area contributed by atoms with E-state index in [-0.39, 0.29) is 25.2 Å². The molecule has 116 valence electrons. The van der Waals surface area contributed by atoms with E-state index in [0.717, 1.165) is 19.3 Å². The van der Waals surface area contributed by atoms with Crippen LogP contribution in [0.25, 0.3) is 0 Å². The second kappa shape index (κ2) is 11.3. The maximum Gasteiger partial charge on any atom is 0.308 e. The Hall–Kier alpha value is -1.59. The minimum atomic E-state index is -0.842. The van der Waals surface area contributed by atoms with Crippen LogP contribution in [0.5, 0.6) is 0 Å². The number of hydrogen-bond acceptors (Lipinski definition) is 5. The minimum absolute atomic E-state index is 0.197. The van der Waals surface area contributed by atoms with E-state index in [1.807, 2.05) is 0 Å². The number of carboxylic acid groups (broad SMARTS) is 1. The van der Waals surface area contributed by atoms with Gasteiger partial charge in [-0.15, -0.1) is 0 Å². The summed E-state index contributed by atoms with van der Waals surface area (Å²) < 4.78 is 9.74. The summed E-state index contributed by atoms with van der Waals surface area (Å²) in [6, 6.07) is 0. The molecule has 0 spiro atoms. The van der Waals surface area contributed by atoms with Crippen LogP contribution in [-0.4, -0.2) is 29.3 Å². The van der Waals surface area contributed by atoms with Crippen molar-refractivity contribution in [3.8, 4) is 0 Å². The maximum absolute atomic E-state index is 11.4. The summed E-state index contributed by atoms with van der Waals surface area (Å²) in [5.74, 6) is -1.56. The molecule has 20 heavy (non-hydrogen) atoms. The predicted molar refractivity (Wildman–Crippen MR) is 71.9 cm³/mol. The highest BCUT2D eigenvalue weighted by Gasteiger charge is 2.12. The van der Waals surface area contributed by atoms with Crippen LogP contribution >= 0.6 is 0 Å². The van der Waals surface area contributed by atoms with Gasteiger partial charge in [-0.25, -0.2) is 0 Å². The average molecular weight is 288 g/mol. The first-order valence-electron chi connectivity index (χ1n) is 7.06. The van der Waals surface area contributed by atoms with Crippen LogP contribution in [0.2, 0.25) is 0 Å². The van der Waals surface area contributed by atoms with Crippen LogP contribution in [0.1, 0.15) is 65.2 Å². The Morgan fingerprint density at radius 2 is 1.40 bits per heavy atom. The number of hydrogen-bond donors (Lipinski definition) is 1. The van der Waals surface area contributed by atoms with Crippen molar-refractivity contribution >= 4 is 17.9 Å². The number of esters is 2.